The Morgan fingerprint density at radius 2 is 2.06 bits per heavy atom. The van der Waals surface area contributed by atoms with Gasteiger partial charge in [-0.1, -0.05) is 28.9 Å². The van der Waals surface area contributed by atoms with Crippen molar-refractivity contribution in [2.45, 2.75) is 12.8 Å². The molecule has 0 unspecified atom stereocenters. The van der Waals surface area contributed by atoms with Crippen molar-refractivity contribution in [3.8, 4) is 11.1 Å². The van der Waals surface area contributed by atoms with Crippen LogP contribution in [0, 0.1) is 0 Å². The van der Waals surface area contributed by atoms with E-state index in [-0.39, 0.29) is 18.7 Å². The van der Waals surface area contributed by atoms with Crippen molar-refractivity contribution in [1.29, 1.82) is 0 Å². The Labute approximate surface area is 108 Å². The first-order valence-corrected chi connectivity index (χ1v) is 5.67. The zero-order valence-electron chi connectivity index (χ0n) is 9.39. The molecule has 3 N–H and O–H groups in total. The topological polar surface area (TPSA) is 89.4 Å². The van der Waals surface area contributed by atoms with Crippen molar-refractivity contribution < 1.29 is 14.4 Å². The van der Waals surface area contributed by atoms with Crippen LogP contribution in [0.3, 0.4) is 0 Å². The average Bonchev–Trinajstić information content (AvgIpc) is 2.69. The summed E-state index contributed by atoms with van der Waals surface area (Å²) in [5.74, 6) is -0.712. The molecular weight excluding hydrogens is 256 g/mol. The van der Waals surface area contributed by atoms with E-state index < -0.39 is 5.97 Å². The lowest BCUT2D eigenvalue weighted by atomic mass is 10.0. The van der Waals surface area contributed by atoms with E-state index in [0.717, 1.165) is 5.56 Å². The number of nitrogens with zero attached hydrogens (tertiary/aromatic N) is 1. The normalized spacial score (nSPS) is 10.5. The fourth-order valence-electron chi connectivity index (χ4n) is 1.66. The molecule has 0 bridgehead atoms. The van der Waals surface area contributed by atoms with Crippen molar-refractivity contribution in [2.24, 2.45) is 0 Å². The van der Waals surface area contributed by atoms with Crippen LogP contribution in [0.4, 0.5) is 5.88 Å². The Morgan fingerprint density at radius 1 is 1.39 bits per heavy atom. The molecule has 18 heavy (non-hydrogen) atoms. The first kappa shape index (κ1) is 12.4. The predicted molar refractivity (Wildman–Crippen MR) is 67.3 cm³/mol. The van der Waals surface area contributed by atoms with Gasteiger partial charge in [0, 0.05) is 11.4 Å². The molecule has 2 rings (SSSR count). The largest absolute Gasteiger partial charge is 0.481 e. The number of hydrogen-bond donors (Lipinski definition) is 2. The first-order chi connectivity index (χ1) is 8.58. The molecule has 1 heterocycles. The second-order valence-electron chi connectivity index (χ2n) is 3.77. The fourth-order valence-corrected chi connectivity index (χ4v) is 1.79. The van der Waals surface area contributed by atoms with E-state index in [2.05, 4.69) is 5.16 Å². The maximum atomic E-state index is 10.6. The van der Waals surface area contributed by atoms with Gasteiger partial charge in [-0.25, -0.2) is 0 Å². The van der Waals surface area contributed by atoms with E-state index >= 15 is 0 Å². The Morgan fingerprint density at radius 3 is 2.67 bits per heavy atom. The van der Waals surface area contributed by atoms with E-state index in [0.29, 0.717) is 16.3 Å². The van der Waals surface area contributed by atoms with E-state index in [9.17, 15) is 4.79 Å². The lowest BCUT2D eigenvalue weighted by molar-refractivity contribution is -0.136. The Kier molecular flexibility index (Phi) is 3.53. The molecule has 5 nitrogen and oxygen atoms in total. The van der Waals surface area contributed by atoms with Crippen LogP contribution in [0.15, 0.2) is 28.8 Å². The number of carbonyl (C=O) groups is 1. The summed E-state index contributed by atoms with van der Waals surface area (Å²) in [5, 5.41) is 13.1. The van der Waals surface area contributed by atoms with Crippen LogP contribution >= 0.6 is 11.6 Å². The third-order valence-corrected chi connectivity index (χ3v) is 2.75. The number of aromatic nitrogens is 1. The van der Waals surface area contributed by atoms with Crippen LogP contribution < -0.4 is 5.73 Å². The number of anilines is 1. The van der Waals surface area contributed by atoms with Gasteiger partial charge in [0.15, 0.2) is 0 Å². The summed E-state index contributed by atoms with van der Waals surface area (Å²) in [5.41, 5.74) is 7.68. The number of carboxylic acid groups (broad SMARTS) is 1. The van der Waals surface area contributed by atoms with Gasteiger partial charge >= 0.3 is 5.97 Å². The van der Waals surface area contributed by atoms with Crippen LogP contribution in [0.25, 0.3) is 11.1 Å². The summed E-state index contributed by atoms with van der Waals surface area (Å²) in [6.07, 6.45) is 0.251. The van der Waals surface area contributed by atoms with Crippen molar-refractivity contribution in [2.75, 3.05) is 5.73 Å². The van der Waals surface area contributed by atoms with Crippen LogP contribution in [0.1, 0.15) is 12.1 Å². The number of rotatable bonds is 4. The number of aliphatic carboxylic acids is 1. The second kappa shape index (κ2) is 5.10. The molecule has 0 fully saturated rings. The highest BCUT2D eigenvalue weighted by Crippen LogP contribution is 2.31. The third-order valence-electron chi connectivity index (χ3n) is 2.50. The number of hydrogen-bond acceptors (Lipinski definition) is 4. The minimum atomic E-state index is -0.890. The average molecular weight is 267 g/mol. The smallest absolute Gasteiger partial charge is 0.303 e. The quantitative estimate of drug-likeness (QED) is 0.888. The number of nitrogen functional groups attached to an aromatic ring is 1. The van der Waals surface area contributed by atoms with Crippen LogP contribution in [0.2, 0.25) is 5.02 Å². The van der Waals surface area contributed by atoms with E-state index in [1.807, 2.05) is 0 Å². The molecule has 6 heteroatoms. The van der Waals surface area contributed by atoms with Crippen LogP contribution in [0.5, 0.6) is 0 Å². The van der Waals surface area contributed by atoms with Gasteiger partial charge in [-0.3, -0.25) is 4.79 Å². The number of carboxylic acids is 1. The van der Waals surface area contributed by atoms with Crippen LogP contribution in [-0.4, -0.2) is 16.2 Å². The molecule has 0 aliphatic carbocycles. The SMILES string of the molecule is Nc1onc(CCC(=O)O)c1-c1ccc(Cl)cc1. The van der Waals surface area contributed by atoms with Gasteiger partial charge in [-0.05, 0) is 17.7 Å². The fraction of sp³-hybridized carbons (Fsp3) is 0.167. The summed E-state index contributed by atoms with van der Waals surface area (Å²) < 4.78 is 4.91. The summed E-state index contributed by atoms with van der Waals surface area (Å²) in [6, 6.07) is 7.03. The van der Waals surface area contributed by atoms with E-state index in [4.69, 9.17) is 27.0 Å². The van der Waals surface area contributed by atoms with Gasteiger partial charge < -0.3 is 15.4 Å². The van der Waals surface area contributed by atoms with Gasteiger partial charge in [-0.2, -0.15) is 0 Å². The monoisotopic (exact) mass is 266 g/mol. The molecule has 0 atom stereocenters. The molecule has 0 aliphatic rings. The maximum Gasteiger partial charge on any atom is 0.303 e. The predicted octanol–water partition coefficient (Wildman–Crippen LogP) is 2.59. The molecule has 94 valence electrons. The zero-order valence-corrected chi connectivity index (χ0v) is 10.1. The second-order valence-corrected chi connectivity index (χ2v) is 4.21. The molecular formula is C12H11ClN2O3. The number of benzene rings is 1. The summed E-state index contributed by atoms with van der Waals surface area (Å²) in [7, 11) is 0. The molecule has 0 radical (unpaired) electrons. The molecule has 1 aromatic carbocycles. The van der Waals surface area contributed by atoms with Gasteiger partial charge in [0.25, 0.3) is 0 Å². The van der Waals surface area contributed by atoms with Crippen molar-refractivity contribution in [3.63, 3.8) is 0 Å². The Balaban J connectivity index is 2.34. The summed E-state index contributed by atoms with van der Waals surface area (Å²) >= 11 is 5.81. The van der Waals surface area contributed by atoms with Gasteiger partial charge in [0.1, 0.15) is 0 Å². The number of halogens is 1. The highest BCUT2D eigenvalue weighted by atomic mass is 35.5. The highest BCUT2D eigenvalue weighted by Gasteiger charge is 2.16. The van der Waals surface area contributed by atoms with Gasteiger partial charge in [-0.15, -0.1) is 0 Å². The number of nitrogens with two attached hydrogens (primary N) is 1. The minimum Gasteiger partial charge on any atom is -0.481 e. The Bertz CT molecular complexity index is 563. The molecule has 0 amide bonds. The van der Waals surface area contributed by atoms with Crippen molar-refractivity contribution >= 4 is 23.5 Å². The number of aryl methyl sites for hydroxylation is 1. The lowest BCUT2D eigenvalue weighted by Gasteiger charge is -2.01. The van der Waals surface area contributed by atoms with Crippen molar-refractivity contribution in [1.82, 2.24) is 5.16 Å². The van der Waals surface area contributed by atoms with E-state index in [1.165, 1.54) is 0 Å². The Hall–Kier alpha value is -2.01. The summed E-state index contributed by atoms with van der Waals surface area (Å²) in [4.78, 5) is 10.6. The lowest BCUT2D eigenvalue weighted by Crippen LogP contribution is -1.99. The van der Waals surface area contributed by atoms with E-state index in [1.54, 1.807) is 24.3 Å². The van der Waals surface area contributed by atoms with Gasteiger partial charge in [0.05, 0.1) is 17.7 Å². The van der Waals surface area contributed by atoms with Crippen molar-refractivity contribution in [3.05, 3.63) is 35.0 Å². The molecule has 0 spiro atoms. The first-order valence-electron chi connectivity index (χ1n) is 5.29. The molecule has 0 saturated heterocycles. The standard InChI is InChI=1S/C12H11ClN2O3/c13-8-3-1-7(2-4-8)11-9(5-6-10(16)17)15-18-12(11)14/h1-4H,5-6,14H2,(H,16,17). The molecule has 0 aliphatic heterocycles. The molecule has 1 aromatic heterocycles. The maximum absolute atomic E-state index is 10.6. The molecule has 0 saturated carbocycles. The van der Waals surface area contributed by atoms with Gasteiger partial charge in [0.2, 0.25) is 5.88 Å². The zero-order chi connectivity index (χ0) is 13.1. The minimum absolute atomic E-state index is 0.0213. The summed E-state index contributed by atoms with van der Waals surface area (Å²) in [6.45, 7) is 0. The highest BCUT2D eigenvalue weighted by molar-refractivity contribution is 6.30. The van der Waals surface area contributed by atoms with Crippen LogP contribution in [-0.2, 0) is 11.2 Å². The third kappa shape index (κ3) is 2.62. The molecule has 2 aromatic rings.